The molecule has 1 aliphatic carbocycles. The number of nitrogens with two attached hydrogens (primary N) is 1. The number of primary amides is 1. The molecule has 0 unspecified atom stereocenters. The lowest BCUT2D eigenvalue weighted by Gasteiger charge is -2.49. The molecule has 3 fully saturated rings. The summed E-state index contributed by atoms with van der Waals surface area (Å²) in [6.07, 6.45) is 4.99. The Balaban J connectivity index is 1.42. The maximum Gasteiger partial charge on any atom is 0.290 e. The second kappa shape index (κ2) is 7.20. The molecule has 2 saturated heterocycles. The fourth-order valence-corrected chi connectivity index (χ4v) is 4.33. The van der Waals surface area contributed by atoms with E-state index < -0.39 is 5.91 Å². The average Bonchev–Trinajstić information content (AvgIpc) is 3.36. The van der Waals surface area contributed by atoms with Gasteiger partial charge in [0.05, 0.1) is 6.54 Å². The number of aromatic nitrogens is 2. The first-order chi connectivity index (χ1) is 12.9. The van der Waals surface area contributed by atoms with Gasteiger partial charge in [-0.1, -0.05) is 5.16 Å². The number of rotatable bonds is 5. The van der Waals surface area contributed by atoms with Gasteiger partial charge < -0.3 is 15.2 Å². The Bertz CT molecular complexity index is 718. The van der Waals surface area contributed by atoms with Crippen LogP contribution in [0.5, 0.6) is 0 Å². The van der Waals surface area contributed by atoms with Crippen LogP contribution in [-0.2, 0) is 11.3 Å². The van der Waals surface area contributed by atoms with Crippen LogP contribution in [0.4, 0.5) is 0 Å². The van der Waals surface area contributed by atoms with Gasteiger partial charge in [0.15, 0.2) is 0 Å². The Morgan fingerprint density at radius 2 is 2.11 bits per heavy atom. The fraction of sp³-hybridized carbons (Fsp3) is 0.778. The zero-order valence-electron chi connectivity index (χ0n) is 15.9. The lowest BCUT2D eigenvalue weighted by atomic mass is 9.86. The summed E-state index contributed by atoms with van der Waals surface area (Å²) in [6.45, 7) is 4.91. The van der Waals surface area contributed by atoms with Crippen molar-refractivity contribution in [2.75, 3.05) is 39.8 Å². The normalized spacial score (nSPS) is 27.9. The molecule has 1 aromatic rings. The Hall–Kier alpha value is -2.00. The maximum atomic E-state index is 12.6. The van der Waals surface area contributed by atoms with Crippen LogP contribution in [0.2, 0.25) is 0 Å². The van der Waals surface area contributed by atoms with Crippen molar-refractivity contribution in [1.82, 2.24) is 24.8 Å². The molecule has 1 atom stereocenters. The van der Waals surface area contributed by atoms with Crippen molar-refractivity contribution in [3.05, 3.63) is 11.7 Å². The fourth-order valence-electron chi connectivity index (χ4n) is 4.33. The summed E-state index contributed by atoms with van der Waals surface area (Å²) in [7, 11) is 2.16. The number of likely N-dealkylation sites (tertiary alicyclic amines) is 1. The second-order valence-electron chi connectivity index (χ2n) is 8.27. The van der Waals surface area contributed by atoms with Gasteiger partial charge in [0.25, 0.3) is 11.7 Å². The van der Waals surface area contributed by atoms with E-state index in [4.69, 9.17) is 10.3 Å². The number of carbonyl (C=O) groups is 2. The Morgan fingerprint density at radius 3 is 2.81 bits per heavy atom. The number of likely N-dealkylation sites (N-methyl/N-ethyl adjacent to an activating group) is 1. The molecule has 3 heterocycles. The predicted octanol–water partition coefficient (Wildman–Crippen LogP) is 0.0772. The van der Waals surface area contributed by atoms with Gasteiger partial charge in [-0.3, -0.25) is 19.4 Å². The van der Waals surface area contributed by atoms with Crippen LogP contribution in [0.1, 0.15) is 48.6 Å². The monoisotopic (exact) mass is 376 g/mol. The maximum absolute atomic E-state index is 12.6. The van der Waals surface area contributed by atoms with Crippen molar-refractivity contribution >= 4 is 11.8 Å². The quantitative estimate of drug-likeness (QED) is 0.775. The molecule has 148 valence electrons. The van der Waals surface area contributed by atoms with Gasteiger partial charge in [-0.25, -0.2) is 0 Å². The lowest BCUT2D eigenvalue weighted by molar-refractivity contribution is -0.131. The van der Waals surface area contributed by atoms with E-state index in [1.165, 1.54) is 12.8 Å². The molecular weight excluding hydrogens is 348 g/mol. The first-order valence-electron chi connectivity index (χ1n) is 9.79. The third-order valence-corrected chi connectivity index (χ3v) is 6.31. The third kappa shape index (κ3) is 3.98. The zero-order chi connectivity index (χ0) is 19.0. The van der Waals surface area contributed by atoms with Crippen LogP contribution in [0, 0.1) is 5.92 Å². The molecule has 0 bridgehead atoms. The Morgan fingerprint density at radius 1 is 1.30 bits per heavy atom. The van der Waals surface area contributed by atoms with Crippen molar-refractivity contribution < 1.29 is 14.1 Å². The highest BCUT2D eigenvalue weighted by Gasteiger charge is 2.43. The number of hydrogen-bond donors (Lipinski definition) is 1. The Labute approximate surface area is 158 Å². The van der Waals surface area contributed by atoms with Crippen molar-refractivity contribution in [2.45, 2.75) is 44.2 Å². The zero-order valence-corrected chi connectivity index (χ0v) is 15.9. The van der Waals surface area contributed by atoms with Crippen molar-refractivity contribution in [2.24, 2.45) is 11.7 Å². The smallest absolute Gasteiger partial charge is 0.290 e. The third-order valence-electron chi connectivity index (χ3n) is 6.31. The molecule has 2 N–H and O–H groups in total. The van der Waals surface area contributed by atoms with Crippen molar-refractivity contribution in [3.63, 3.8) is 0 Å². The lowest BCUT2D eigenvalue weighted by Crippen LogP contribution is -2.60. The van der Waals surface area contributed by atoms with Crippen LogP contribution in [0.3, 0.4) is 0 Å². The topological polar surface area (TPSA) is 109 Å². The minimum Gasteiger partial charge on any atom is -0.363 e. The number of nitrogens with zero attached hydrogens (tertiary/aromatic N) is 5. The van der Waals surface area contributed by atoms with Crippen molar-refractivity contribution in [3.8, 4) is 0 Å². The minimum absolute atomic E-state index is 0.0151. The van der Waals surface area contributed by atoms with E-state index in [0.717, 1.165) is 51.5 Å². The molecule has 0 radical (unpaired) electrons. The summed E-state index contributed by atoms with van der Waals surface area (Å²) in [4.78, 5) is 34.6. The molecule has 1 saturated carbocycles. The second-order valence-corrected chi connectivity index (χ2v) is 8.27. The number of carbonyl (C=O) groups excluding carboxylic acids is 2. The molecule has 1 aromatic heterocycles. The van der Waals surface area contributed by atoms with E-state index in [1.807, 2.05) is 0 Å². The number of hydrogen-bond acceptors (Lipinski definition) is 7. The highest BCUT2D eigenvalue weighted by atomic mass is 16.5. The van der Waals surface area contributed by atoms with E-state index in [1.54, 1.807) is 0 Å². The first kappa shape index (κ1) is 18.4. The van der Waals surface area contributed by atoms with E-state index in [-0.39, 0.29) is 11.4 Å². The molecule has 2 aliphatic heterocycles. The largest absolute Gasteiger partial charge is 0.363 e. The summed E-state index contributed by atoms with van der Waals surface area (Å²) in [5, 5.41) is 3.62. The van der Waals surface area contributed by atoms with E-state index in [2.05, 4.69) is 31.9 Å². The highest BCUT2D eigenvalue weighted by molar-refractivity contribution is 5.88. The van der Waals surface area contributed by atoms with Gasteiger partial charge in [-0.05, 0) is 38.6 Å². The number of amides is 2. The summed E-state index contributed by atoms with van der Waals surface area (Å²) in [6, 6.07) is 0. The first-order valence-corrected chi connectivity index (χ1v) is 9.79. The summed E-state index contributed by atoms with van der Waals surface area (Å²) in [5.74, 6) is 0.666. The van der Waals surface area contributed by atoms with Gasteiger partial charge in [0, 0.05) is 44.7 Å². The standard InChI is InChI=1S/C18H28N6O3/c1-22-8-9-23(11-14-20-17(16(19)26)21-27-14)12-18(22)5-4-15(25)24(7-6-18)10-13-2-3-13/h13H,2-12H2,1H3,(H2,19,26)/t18-/m0/s1. The molecule has 9 nitrogen and oxygen atoms in total. The summed E-state index contributed by atoms with van der Waals surface area (Å²) < 4.78 is 5.16. The van der Waals surface area contributed by atoms with Crippen LogP contribution < -0.4 is 5.73 Å². The highest BCUT2D eigenvalue weighted by Crippen LogP contribution is 2.35. The summed E-state index contributed by atoms with van der Waals surface area (Å²) >= 11 is 0. The molecular formula is C18H28N6O3. The van der Waals surface area contributed by atoms with Gasteiger partial charge in [-0.2, -0.15) is 4.98 Å². The molecule has 1 spiro atoms. The summed E-state index contributed by atoms with van der Waals surface area (Å²) in [5.41, 5.74) is 5.18. The molecule has 4 rings (SSSR count). The van der Waals surface area contributed by atoms with Crippen LogP contribution in [0.25, 0.3) is 0 Å². The predicted molar refractivity (Wildman–Crippen MR) is 96.6 cm³/mol. The van der Waals surface area contributed by atoms with Crippen LogP contribution >= 0.6 is 0 Å². The molecule has 9 heteroatoms. The van der Waals surface area contributed by atoms with E-state index in [0.29, 0.717) is 24.8 Å². The minimum atomic E-state index is -0.683. The molecule has 2 amide bonds. The van der Waals surface area contributed by atoms with Gasteiger partial charge in [-0.15, -0.1) is 0 Å². The van der Waals surface area contributed by atoms with Crippen molar-refractivity contribution in [1.29, 1.82) is 0 Å². The van der Waals surface area contributed by atoms with Gasteiger partial charge >= 0.3 is 0 Å². The van der Waals surface area contributed by atoms with Crippen LogP contribution in [0.15, 0.2) is 4.52 Å². The number of piperazine rings is 1. The van der Waals surface area contributed by atoms with E-state index in [9.17, 15) is 9.59 Å². The molecule has 3 aliphatic rings. The molecule has 27 heavy (non-hydrogen) atoms. The average molecular weight is 376 g/mol. The van der Waals surface area contributed by atoms with Gasteiger partial charge in [0.1, 0.15) is 0 Å². The molecule has 0 aromatic carbocycles. The SMILES string of the molecule is CN1CCN(Cc2nc(C(N)=O)no2)C[C@@]12CCC(=O)N(CC1CC1)CC2. The van der Waals surface area contributed by atoms with E-state index >= 15 is 0 Å². The Kier molecular flexibility index (Phi) is 4.90. The van der Waals surface area contributed by atoms with Crippen LogP contribution in [-0.4, -0.2) is 82.0 Å². The van der Waals surface area contributed by atoms with Gasteiger partial charge in [0.2, 0.25) is 11.8 Å².